The number of nitrogens with one attached hydrogen (secondary N) is 1. The van der Waals surface area contributed by atoms with Crippen LogP contribution in [0.4, 0.5) is 0 Å². The fourth-order valence-electron chi connectivity index (χ4n) is 1.58. The number of aromatic amines is 1. The average molecular weight is 270 g/mol. The molecule has 0 aliphatic carbocycles. The van der Waals surface area contributed by atoms with Crippen LogP contribution >= 0.6 is 23.2 Å². The Morgan fingerprint density at radius 2 is 2.00 bits per heavy atom. The molecule has 3 nitrogen and oxygen atoms in total. The zero-order chi connectivity index (χ0) is 12.4. The van der Waals surface area contributed by atoms with E-state index in [9.17, 15) is 4.79 Å². The van der Waals surface area contributed by atoms with E-state index >= 15 is 0 Å². The van der Waals surface area contributed by atoms with Crippen molar-refractivity contribution in [3.63, 3.8) is 0 Å². The van der Waals surface area contributed by atoms with E-state index in [0.717, 1.165) is 0 Å². The van der Waals surface area contributed by atoms with Crippen molar-refractivity contribution in [3.8, 4) is 11.1 Å². The molecule has 0 radical (unpaired) electrons. The van der Waals surface area contributed by atoms with E-state index in [-0.39, 0.29) is 0 Å². The maximum atomic E-state index is 11.5. The van der Waals surface area contributed by atoms with Crippen LogP contribution in [0.2, 0.25) is 10.0 Å². The lowest BCUT2D eigenvalue weighted by molar-refractivity contribution is 0.0602. The normalized spacial score (nSPS) is 10.3. The molecule has 1 heterocycles. The van der Waals surface area contributed by atoms with Gasteiger partial charge in [-0.2, -0.15) is 0 Å². The molecular weight excluding hydrogens is 261 g/mol. The average Bonchev–Trinajstić information content (AvgIpc) is 2.80. The summed E-state index contributed by atoms with van der Waals surface area (Å²) in [5.74, 6) is -0.419. The number of aromatic nitrogens is 1. The molecule has 0 aliphatic rings. The van der Waals surface area contributed by atoms with Crippen LogP contribution in [0.15, 0.2) is 30.6 Å². The number of halogens is 2. The molecule has 88 valence electrons. The number of rotatable bonds is 2. The first-order valence-electron chi connectivity index (χ1n) is 4.84. The summed E-state index contributed by atoms with van der Waals surface area (Å²) in [6.45, 7) is 0. The molecule has 0 saturated heterocycles. The third-order valence-corrected chi connectivity index (χ3v) is 3.21. The van der Waals surface area contributed by atoms with Gasteiger partial charge in [0.25, 0.3) is 0 Å². The maximum absolute atomic E-state index is 11.5. The van der Waals surface area contributed by atoms with Gasteiger partial charge in [0.15, 0.2) is 0 Å². The highest BCUT2D eigenvalue weighted by Crippen LogP contribution is 2.35. The summed E-state index contributed by atoms with van der Waals surface area (Å²) in [4.78, 5) is 14.4. The van der Waals surface area contributed by atoms with Gasteiger partial charge in [0.05, 0.1) is 22.7 Å². The Morgan fingerprint density at radius 3 is 2.71 bits per heavy atom. The largest absolute Gasteiger partial charge is 0.465 e. The second-order valence-electron chi connectivity index (χ2n) is 3.38. The predicted molar refractivity (Wildman–Crippen MR) is 67.6 cm³/mol. The van der Waals surface area contributed by atoms with Crippen LogP contribution in [0.1, 0.15) is 10.4 Å². The zero-order valence-corrected chi connectivity index (χ0v) is 10.5. The van der Waals surface area contributed by atoms with Gasteiger partial charge in [-0.1, -0.05) is 35.3 Å². The Kier molecular flexibility index (Phi) is 3.41. The molecule has 0 amide bonds. The lowest BCUT2D eigenvalue weighted by Gasteiger charge is -2.06. The second-order valence-corrected chi connectivity index (χ2v) is 4.16. The van der Waals surface area contributed by atoms with Gasteiger partial charge >= 0.3 is 5.97 Å². The Bertz CT molecular complexity index is 563. The Labute approximate surface area is 108 Å². The van der Waals surface area contributed by atoms with Gasteiger partial charge in [-0.05, 0) is 6.07 Å². The molecule has 0 atom stereocenters. The number of H-pyrrole nitrogens is 1. The summed E-state index contributed by atoms with van der Waals surface area (Å²) in [6.07, 6.45) is 3.25. The monoisotopic (exact) mass is 269 g/mol. The number of benzene rings is 1. The smallest absolute Gasteiger partial charge is 0.340 e. The molecule has 1 N–H and O–H groups in total. The van der Waals surface area contributed by atoms with Crippen LogP contribution in [0.3, 0.4) is 0 Å². The number of carbonyl (C=O) groups excluding carboxylic acids is 1. The SMILES string of the molecule is COC(=O)c1c[nH]cc1-c1cccc(Cl)c1Cl. The fourth-order valence-corrected chi connectivity index (χ4v) is 1.98. The van der Waals surface area contributed by atoms with E-state index in [0.29, 0.717) is 26.7 Å². The second kappa shape index (κ2) is 4.82. The first kappa shape index (κ1) is 12.0. The number of hydrogen-bond acceptors (Lipinski definition) is 2. The summed E-state index contributed by atoms with van der Waals surface area (Å²) < 4.78 is 4.69. The minimum absolute atomic E-state index is 0.416. The molecule has 0 bridgehead atoms. The van der Waals surface area contributed by atoms with Crippen LogP contribution < -0.4 is 0 Å². The quantitative estimate of drug-likeness (QED) is 0.844. The highest BCUT2D eigenvalue weighted by atomic mass is 35.5. The number of methoxy groups -OCH3 is 1. The highest BCUT2D eigenvalue weighted by Gasteiger charge is 2.17. The summed E-state index contributed by atoms with van der Waals surface area (Å²) in [5.41, 5.74) is 1.79. The first-order chi connectivity index (χ1) is 8.15. The molecule has 1 aromatic carbocycles. The highest BCUT2D eigenvalue weighted by molar-refractivity contribution is 6.43. The van der Waals surface area contributed by atoms with E-state index in [2.05, 4.69) is 4.98 Å². The molecule has 17 heavy (non-hydrogen) atoms. The van der Waals surface area contributed by atoms with Crippen molar-refractivity contribution in [1.82, 2.24) is 4.98 Å². The Hall–Kier alpha value is -1.45. The number of hydrogen-bond donors (Lipinski definition) is 1. The number of ether oxygens (including phenoxy) is 1. The molecule has 1 aromatic heterocycles. The van der Waals surface area contributed by atoms with E-state index in [1.807, 2.05) is 0 Å². The van der Waals surface area contributed by atoms with Gasteiger partial charge in [0.2, 0.25) is 0 Å². The maximum Gasteiger partial charge on any atom is 0.340 e. The van der Waals surface area contributed by atoms with Crippen molar-refractivity contribution < 1.29 is 9.53 Å². The summed E-state index contributed by atoms with van der Waals surface area (Å²) in [6, 6.07) is 5.26. The van der Waals surface area contributed by atoms with E-state index in [1.165, 1.54) is 7.11 Å². The Morgan fingerprint density at radius 1 is 1.24 bits per heavy atom. The summed E-state index contributed by atoms with van der Waals surface area (Å²) >= 11 is 12.0. The fraction of sp³-hybridized carbons (Fsp3) is 0.0833. The first-order valence-corrected chi connectivity index (χ1v) is 5.60. The molecule has 5 heteroatoms. The van der Waals surface area contributed by atoms with Gasteiger partial charge in [0, 0.05) is 23.5 Å². The van der Waals surface area contributed by atoms with E-state index < -0.39 is 5.97 Å². The summed E-state index contributed by atoms with van der Waals surface area (Å²) in [7, 11) is 1.33. The van der Waals surface area contributed by atoms with Crippen LogP contribution in [-0.4, -0.2) is 18.1 Å². The third-order valence-electron chi connectivity index (χ3n) is 2.39. The lowest BCUT2D eigenvalue weighted by atomic mass is 10.0. The lowest BCUT2D eigenvalue weighted by Crippen LogP contribution is -2.01. The van der Waals surface area contributed by atoms with Crippen molar-refractivity contribution in [1.29, 1.82) is 0 Å². The topological polar surface area (TPSA) is 42.1 Å². The Balaban J connectivity index is 2.58. The summed E-state index contributed by atoms with van der Waals surface area (Å²) in [5, 5.41) is 0.861. The minimum atomic E-state index is -0.419. The van der Waals surface area contributed by atoms with E-state index in [1.54, 1.807) is 30.6 Å². The molecule has 2 aromatic rings. The van der Waals surface area contributed by atoms with Crippen LogP contribution in [-0.2, 0) is 4.74 Å². The molecular formula is C12H9Cl2NO2. The number of carbonyl (C=O) groups is 1. The van der Waals surface area contributed by atoms with Crippen molar-refractivity contribution in [3.05, 3.63) is 46.2 Å². The minimum Gasteiger partial charge on any atom is -0.465 e. The zero-order valence-electron chi connectivity index (χ0n) is 8.96. The van der Waals surface area contributed by atoms with Gasteiger partial charge in [-0.25, -0.2) is 4.79 Å². The standard InChI is InChI=1S/C12H9Cl2NO2/c1-17-12(16)9-6-15-5-8(9)7-3-2-4-10(13)11(7)14/h2-6,15H,1H3. The molecule has 2 rings (SSSR count). The van der Waals surface area contributed by atoms with Crippen molar-refractivity contribution >= 4 is 29.2 Å². The molecule has 0 saturated carbocycles. The molecule has 0 aliphatic heterocycles. The molecule has 0 unspecified atom stereocenters. The number of esters is 1. The van der Waals surface area contributed by atoms with Crippen molar-refractivity contribution in [2.45, 2.75) is 0 Å². The molecule has 0 spiro atoms. The van der Waals surface area contributed by atoms with Gasteiger partial charge < -0.3 is 9.72 Å². The van der Waals surface area contributed by atoms with Gasteiger partial charge in [0.1, 0.15) is 0 Å². The van der Waals surface area contributed by atoms with Gasteiger partial charge in [-0.3, -0.25) is 0 Å². The third kappa shape index (κ3) is 2.16. The van der Waals surface area contributed by atoms with Crippen molar-refractivity contribution in [2.75, 3.05) is 7.11 Å². The van der Waals surface area contributed by atoms with Crippen LogP contribution in [0, 0.1) is 0 Å². The molecule has 0 fully saturated rings. The van der Waals surface area contributed by atoms with Crippen molar-refractivity contribution in [2.24, 2.45) is 0 Å². The van der Waals surface area contributed by atoms with Crippen LogP contribution in [0.5, 0.6) is 0 Å². The predicted octanol–water partition coefficient (Wildman–Crippen LogP) is 3.78. The van der Waals surface area contributed by atoms with Gasteiger partial charge in [-0.15, -0.1) is 0 Å². The van der Waals surface area contributed by atoms with Crippen LogP contribution in [0.25, 0.3) is 11.1 Å². The van der Waals surface area contributed by atoms with E-state index in [4.69, 9.17) is 27.9 Å².